The lowest BCUT2D eigenvalue weighted by Gasteiger charge is -2.24. The van der Waals surface area contributed by atoms with Crippen molar-refractivity contribution in [1.82, 2.24) is 4.98 Å². The number of anilines is 1. The maximum atomic E-state index is 11.8. The largest absolute Gasteiger partial charge is 0.464 e. The van der Waals surface area contributed by atoms with Crippen LogP contribution in [-0.4, -0.2) is 23.1 Å². The number of hydrogen-bond donors (Lipinski definition) is 1. The molecular weight excluding hydrogens is 244 g/mol. The molecule has 0 amide bonds. The first-order valence-corrected chi connectivity index (χ1v) is 6.25. The van der Waals surface area contributed by atoms with Crippen molar-refractivity contribution in [2.24, 2.45) is 0 Å². The molecule has 0 saturated heterocycles. The minimum Gasteiger partial charge on any atom is -0.464 e. The second-order valence-electron chi connectivity index (χ2n) is 4.89. The van der Waals surface area contributed by atoms with E-state index in [9.17, 15) is 4.79 Å². The molecule has 2 aromatic rings. The highest BCUT2D eigenvalue weighted by Gasteiger charge is 2.29. The Labute approximate surface area is 112 Å². The maximum absolute atomic E-state index is 11.8. The summed E-state index contributed by atoms with van der Waals surface area (Å²) in [5.41, 5.74) is 1.50. The molecule has 1 N–H and O–H groups in total. The van der Waals surface area contributed by atoms with E-state index >= 15 is 0 Å². The molecule has 0 spiro atoms. The molecule has 0 unspecified atom stereocenters. The summed E-state index contributed by atoms with van der Waals surface area (Å²) >= 11 is 0. The van der Waals surface area contributed by atoms with E-state index in [1.54, 1.807) is 27.7 Å². The van der Waals surface area contributed by atoms with Gasteiger partial charge in [-0.05, 0) is 32.9 Å². The van der Waals surface area contributed by atoms with Gasteiger partial charge in [0.15, 0.2) is 11.5 Å². The van der Waals surface area contributed by atoms with Gasteiger partial charge in [-0.15, -0.1) is 0 Å². The standard InChI is InChI=1S/C14H18N2O3/c1-5-18-13(17)14(3,4)16-10-6-7-11-12(8-10)19-9(2)15-11/h6-8,16H,5H2,1-4H3. The van der Waals surface area contributed by atoms with E-state index in [1.807, 2.05) is 18.2 Å². The number of ether oxygens (including phenoxy) is 1. The predicted molar refractivity (Wildman–Crippen MR) is 73.1 cm³/mol. The van der Waals surface area contributed by atoms with E-state index < -0.39 is 5.54 Å². The van der Waals surface area contributed by atoms with E-state index in [-0.39, 0.29) is 5.97 Å². The van der Waals surface area contributed by atoms with Crippen molar-refractivity contribution in [3.63, 3.8) is 0 Å². The molecule has 0 fully saturated rings. The van der Waals surface area contributed by atoms with Gasteiger partial charge in [-0.1, -0.05) is 0 Å². The highest BCUT2D eigenvalue weighted by Crippen LogP contribution is 2.22. The number of nitrogens with one attached hydrogen (secondary N) is 1. The number of carbonyl (C=O) groups is 1. The average Bonchev–Trinajstić information content (AvgIpc) is 2.68. The van der Waals surface area contributed by atoms with E-state index in [1.165, 1.54) is 0 Å². The highest BCUT2D eigenvalue weighted by atomic mass is 16.5. The molecule has 0 aliphatic carbocycles. The fourth-order valence-electron chi connectivity index (χ4n) is 1.84. The van der Waals surface area contributed by atoms with Gasteiger partial charge in [-0.2, -0.15) is 0 Å². The van der Waals surface area contributed by atoms with Gasteiger partial charge in [0.05, 0.1) is 6.61 Å². The van der Waals surface area contributed by atoms with Crippen LogP contribution in [0.15, 0.2) is 22.6 Å². The Morgan fingerprint density at radius 3 is 2.89 bits per heavy atom. The van der Waals surface area contributed by atoms with Crippen molar-refractivity contribution in [2.45, 2.75) is 33.2 Å². The van der Waals surface area contributed by atoms with Crippen LogP contribution in [0.1, 0.15) is 26.7 Å². The Bertz CT molecular complexity index is 602. The summed E-state index contributed by atoms with van der Waals surface area (Å²) in [6.07, 6.45) is 0. The molecule has 0 atom stereocenters. The molecule has 0 saturated carbocycles. The summed E-state index contributed by atoms with van der Waals surface area (Å²) < 4.78 is 10.5. The van der Waals surface area contributed by atoms with Crippen molar-refractivity contribution in [3.05, 3.63) is 24.1 Å². The molecule has 1 aromatic heterocycles. The zero-order valence-corrected chi connectivity index (χ0v) is 11.6. The van der Waals surface area contributed by atoms with Crippen LogP contribution in [-0.2, 0) is 9.53 Å². The summed E-state index contributed by atoms with van der Waals surface area (Å²) in [5.74, 6) is 0.334. The molecule has 102 valence electrons. The first kappa shape index (κ1) is 13.4. The van der Waals surface area contributed by atoms with Crippen LogP contribution in [0.25, 0.3) is 11.1 Å². The lowest BCUT2D eigenvalue weighted by atomic mass is 10.1. The first-order chi connectivity index (χ1) is 8.92. The second kappa shape index (κ2) is 4.91. The smallest absolute Gasteiger partial charge is 0.331 e. The SMILES string of the molecule is CCOC(=O)C(C)(C)Nc1ccc2nc(C)oc2c1. The summed E-state index contributed by atoms with van der Waals surface area (Å²) in [4.78, 5) is 16.0. The van der Waals surface area contributed by atoms with E-state index in [4.69, 9.17) is 9.15 Å². The van der Waals surface area contributed by atoms with Crippen molar-refractivity contribution < 1.29 is 13.9 Å². The number of benzene rings is 1. The monoisotopic (exact) mass is 262 g/mol. The van der Waals surface area contributed by atoms with E-state index in [0.717, 1.165) is 11.2 Å². The third-order valence-electron chi connectivity index (χ3n) is 2.74. The molecule has 1 heterocycles. The molecule has 2 rings (SSSR count). The van der Waals surface area contributed by atoms with Crippen LogP contribution in [0.2, 0.25) is 0 Å². The molecule has 0 aliphatic heterocycles. The lowest BCUT2D eigenvalue weighted by Crippen LogP contribution is -2.41. The quantitative estimate of drug-likeness (QED) is 0.858. The van der Waals surface area contributed by atoms with Gasteiger partial charge in [0, 0.05) is 18.7 Å². The summed E-state index contributed by atoms with van der Waals surface area (Å²) in [5, 5.41) is 3.14. The van der Waals surface area contributed by atoms with Crippen molar-refractivity contribution in [1.29, 1.82) is 0 Å². The Balaban J connectivity index is 2.22. The third-order valence-corrected chi connectivity index (χ3v) is 2.74. The average molecular weight is 262 g/mol. The van der Waals surface area contributed by atoms with Gasteiger partial charge in [0.2, 0.25) is 0 Å². The van der Waals surface area contributed by atoms with Gasteiger partial charge in [-0.3, -0.25) is 0 Å². The number of carbonyl (C=O) groups excluding carboxylic acids is 1. The molecule has 0 aliphatic rings. The molecule has 1 aromatic carbocycles. The van der Waals surface area contributed by atoms with Crippen LogP contribution < -0.4 is 5.32 Å². The number of aryl methyl sites for hydroxylation is 1. The molecule has 5 heteroatoms. The molecule has 19 heavy (non-hydrogen) atoms. The number of esters is 1. The van der Waals surface area contributed by atoms with Gasteiger partial charge >= 0.3 is 5.97 Å². The number of aromatic nitrogens is 1. The van der Waals surface area contributed by atoms with Crippen molar-refractivity contribution in [2.75, 3.05) is 11.9 Å². The summed E-state index contributed by atoms with van der Waals surface area (Å²) in [7, 11) is 0. The van der Waals surface area contributed by atoms with Crippen LogP contribution >= 0.6 is 0 Å². The van der Waals surface area contributed by atoms with Gasteiger partial charge in [-0.25, -0.2) is 9.78 Å². The topological polar surface area (TPSA) is 64.4 Å². The second-order valence-corrected chi connectivity index (χ2v) is 4.89. The number of hydrogen-bond acceptors (Lipinski definition) is 5. The first-order valence-electron chi connectivity index (χ1n) is 6.25. The molecule has 5 nitrogen and oxygen atoms in total. The molecular formula is C14H18N2O3. The summed E-state index contributed by atoms with van der Waals surface area (Å²) in [6.45, 7) is 7.51. The van der Waals surface area contributed by atoms with Gasteiger partial charge in [0.25, 0.3) is 0 Å². The minimum atomic E-state index is -0.793. The Hall–Kier alpha value is -2.04. The van der Waals surface area contributed by atoms with Crippen LogP contribution in [0, 0.1) is 6.92 Å². The Morgan fingerprint density at radius 2 is 2.21 bits per heavy atom. The zero-order valence-electron chi connectivity index (χ0n) is 11.6. The number of oxazole rings is 1. The van der Waals surface area contributed by atoms with E-state index in [0.29, 0.717) is 18.1 Å². The van der Waals surface area contributed by atoms with Crippen LogP contribution in [0.5, 0.6) is 0 Å². The Kier molecular flexibility index (Phi) is 3.46. The molecule has 0 bridgehead atoms. The van der Waals surface area contributed by atoms with Gasteiger partial charge < -0.3 is 14.5 Å². The predicted octanol–water partition coefficient (Wildman–Crippen LogP) is 2.89. The molecule has 0 radical (unpaired) electrons. The van der Waals surface area contributed by atoms with E-state index in [2.05, 4.69) is 10.3 Å². The number of fused-ring (bicyclic) bond motifs is 1. The van der Waals surface area contributed by atoms with Gasteiger partial charge in [0.1, 0.15) is 11.1 Å². The number of rotatable bonds is 4. The normalized spacial score (nSPS) is 11.6. The van der Waals surface area contributed by atoms with Crippen LogP contribution in [0.3, 0.4) is 0 Å². The zero-order chi connectivity index (χ0) is 14.0. The fraction of sp³-hybridized carbons (Fsp3) is 0.429. The number of nitrogens with zero attached hydrogens (tertiary/aromatic N) is 1. The third kappa shape index (κ3) is 2.86. The van der Waals surface area contributed by atoms with Crippen LogP contribution in [0.4, 0.5) is 5.69 Å². The lowest BCUT2D eigenvalue weighted by molar-refractivity contribution is -0.147. The highest BCUT2D eigenvalue weighted by molar-refractivity contribution is 5.85. The maximum Gasteiger partial charge on any atom is 0.331 e. The fourth-order valence-corrected chi connectivity index (χ4v) is 1.84. The van der Waals surface area contributed by atoms with Crippen molar-refractivity contribution in [3.8, 4) is 0 Å². The Morgan fingerprint density at radius 1 is 1.47 bits per heavy atom. The summed E-state index contributed by atoms with van der Waals surface area (Å²) in [6, 6.07) is 5.55. The van der Waals surface area contributed by atoms with Crippen molar-refractivity contribution >= 4 is 22.8 Å². The minimum absolute atomic E-state index is 0.288.